The number of hydrogen-bond acceptors (Lipinski definition) is 9. The molecular weight excluding hydrogens is 511 g/mol. The highest BCUT2D eigenvalue weighted by Gasteiger charge is 2.23. The highest BCUT2D eigenvalue weighted by atomic mass is 32.2. The molecule has 194 valence electrons. The van der Waals surface area contributed by atoms with Crippen molar-refractivity contribution in [3.63, 3.8) is 0 Å². The number of anilines is 5. The summed E-state index contributed by atoms with van der Waals surface area (Å²) in [4.78, 5) is 14.5. The zero-order valence-corrected chi connectivity index (χ0v) is 22.6. The number of rotatable bonds is 7. The molecule has 2 aromatic heterocycles. The second-order valence-electron chi connectivity index (χ2n) is 9.28. The quantitative estimate of drug-likeness (QED) is 0.299. The Bertz CT molecular complexity index is 1600. The molecule has 5 rings (SSSR count). The number of H-pyrrole nitrogens is 1. The molecule has 0 aliphatic carbocycles. The molecular formula is C25H29N6O4PS. The Kier molecular flexibility index (Phi) is 6.59. The largest absolute Gasteiger partial charge is 0.494 e. The van der Waals surface area contributed by atoms with Crippen LogP contribution in [0.3, 0.4) is 0 Å². The van der Waals surface area contributed by atoms with Gasteiger partial charge >= 0.3 is 0 Å². The van der Waals surface area contributed by atoms with Gasteiger partial charge in [0.25, 0.3) is 0 Å². The van der Waals surface area contributed by atoms with Gasteiger partial charge < -0.3 is 29.8 Å². The number of methoxy groups -OCH3 is 1. The molecule has 4 aromatic rings. The van der Waals surface area contributed by atoms with E-state index in [1.807, 2.05) is 53.4 Å². The van der Waals surface area contributed by atoms with E-state index in [1.54, 1.807) is 26.6 Å². The lowest BCUT2D eigenvalue weighted by Crippen LogP contribution is -2.40. The molecule has 37 heavy (non-hydrogen) atoms. The van der Waals surface area contributed by atoms with Crippen molar-refractivity contribution in [3.8, 4) is 5.75 Å². The van der Waals surface area contributed by atoms with Crippen molar-refractivity contribution in [2.24, 2.45) is 0 Å². The summed E-state index contributed by atoms with van der Waals surface area (Å²) in [5.74, 6) is 1.79. The van der Waals surface area contributed by atoms with E-state index in [0.29, 0.717) is 41.9 Å². The zero-order valence-electron chi connectivity index (χ0n) is 20.9. The fourth-order valence-corrected chi connectivity index (χ4v) is 6.70. The highest BCUT2D eigenvalue weighted by molar-refractivity contribution is 7.91. The van der Waals surface area contributed by atoms with Crippen LogP contribution in [0, 0.1) is 0 Å². The summed E-state index contributed by atoms with van der Waals surface area (Å²) in [5.41, 5.74) is 2.92. The van der Waals surface area contributed by atoms with E-state index in [0.717, 1.165) is 22.1 Å². The molecule has 3 heterocycles. The Balaban J connectivity index is 1.45. The van der Waals surface area contributed by atoms with Gasteiger partial charge in [-0.1, -0.05) is 12.1 Å². The molecule has 0 bridgehead atoms. The summed E-state index contributed by atoms with van der Waals surface area (Å²) < 4.78 is 42.1. The fourth-order valence-electron chi connectivity index (χ4n) is 4.34. The molecule has 0 spiro atoms. The van der Waals surface area contributed by atoms with Crippen LogP contribution in [-0.2, 0) is 14.4 Å². The standard InChI is InChI=1S/C25H29N6O4PS/c1-35-21-16-17(31-12-14-37(33,34)15-13-31)8-9-19(21)28-25-29-23-18(10-11-26-23)24(30-25)27-20-6-4-5-7-22(20)36(2,3)32/h4-11,16H,12-15H2,1-3H3,(H3,26,27,28,29,30). The lowest BCUT2D eigenvalue weighted by Gasteiger charge is -2.29. The van der Waals surface area contributed by atoms with Gasteiger partial charge in [-0.3, -0.25) is 0 Å². The lowest BCUT2D eigenvalue weighted by molar-refractivity contribution is 0.416. The maximum atomic E-state index is 12.9. The predicted octanol–water partition coefficient (Wildman–Crippen LogP) is 3.94. The van der Waals surface area contributed by atoms with Crippen molar-refractivity contribution in [2.75, 3.05) is 60.6 Å². The van der Waals surface area contributed by atoms with Crippen molar-refractivity contribution in [1.29, 1.82) is 0 Å². The van der Waals surface area contributed by atoms with Crippen LogP contribution in [0.25, 0.3) is 11.0 Å². The third-order valence-electron chi connectivity index (χ3n) is 6.29. The number of para-hydroxylation sites is 1. The second-order valence-corrected chi connectivity index (χ2v) is 14.8. The molecule has 12 heteroatoms. The smallest absolute Gasteiger partial charge is 0.231 e. The number of aromatic nitrogens is 3. The number of ether oxygens (including phenoxy) is 1. The van der Waals surface area contributed by atoms with Gasteiger partial charge in [-0.15, -0.1) is 0 Å². The van der Waals surface area contributed by atoms with Crippen LogP contribution in [0.4, 0.5) is 28.8 Å². The molecule has 10 nitrogen and oxygen atoms in total. The molecule has 0 unspecified atom stereocenters. The molecule has 1 aliphatic heterocycles. The number of aromatic amines is 1. The van der Waals surface area contributed by atoms with Crippen LogP contribution in [0.1, 0.15) is 0 Å². The van der Waals surface area contributed by atoms with Gasteiger partial charge in [0.15, 0.2) is 9.84 Å². The average molecular weight is 541 g/mol. The van der Waals surface area contributed by atoms with Crippen molar-refractivity contribution in [1.82, 2.24) is 15.0 Å². The molecule has 1 saturated heterocycles. The van der Waals surface area contributed by atoms with Crippen LogP contribution in [0.2, 0.25) is 0 Å². The summed E-state index contributed by atoms with van der Waals surface area (Å²) in [7, 11) is -3.91. The Morgan fingerprint density at radius 2 is 1.76 bits per heavy atom. The van der Waals surface area contributed by atoms with E-state index < -0.39 is 17.0 Å². The SMILES string of the molecule is COc1cc(N2CCS(=O)(=O)CC2)ccc1Nc1nc(Nc2ccccc2P(C)(C)=O)c2cc[nH]c2n1. The predicted molar refractivity (Wildman–Crippen MR) is 150 cm³/mol. The summed E-state index contributed by atoms with van der Waals surface area (Å²) >= 11 is 0. The average Bonchev–Trinajstić information content (AvgIpc) is 3.33. The topological polar surface area (TPSA) is 129 Å². The van der Waals surface area contributed by atoms with E-state index in [1.165, 1.54) is 0 Å². The van der Waals surface area contributed by atoms with Crippen LogP contribution >= 0.6 is 7.14 Å². The summed E-state index contributed by atoms with van der Waals surface area (Å²) in [5, 5.41) is 8.14. The van der Waals surface area contributed by atoms with Gasteiger partial charge in [0.2, 0.25) is 5.95 Å². The number of hydrogen-bond donors (Lipinski definition) is 3. The van der Waals surface area contributed by atoms with E-state index >= 15 is 0 Å². The van der Waals surface area contributed by atoms with Gasteiger partial charge in [0.05, 0.1) is 35.4 Å². The third kappa shape index (κ3) is 5.42. The summed E-state index contributed by atoms with van der Waals surface area (Å²) in [6.45, 7) is 4.38. The Morgan fingerprint density at radius 3 is 2.49 bits per heavy atom. The minimum Gasteiger partial charge on any atom is -0.494 e. The third-order valence-corrected chi connectivity index (χ3v) is 9.45. The van der Waals surface area contributed by atoms with Gasteiger partial charge in [0.1, 0.15) is 24.4 Å². The van der Waals surface area contributed by atoms with Crippen LogP contribution in [0.5, 0.6) is 5.75 Å². The summed E-state index contributed by atoms with van der Waals surface area (Å²) in [6, 6.07) is 15.1. The number of nitrogens with one attached hydrogen (secondary N) is 3. The second kappa shape index (κ2) is 9.72. The van der Waals surface area contributed by atoms with Gasteiger partial charge in [-0.25, -0.2) is 8.42 Å². The molecule has 1 fully saturated rings. The Morgan fingerprint density at radius 1 is 1.00 bits per heavy atom. The summed E-state index contributed by atoms with van der Waals surface area (Å²) in [6.07, 6.45) is 1.79. The van der Waals surface area contributed by atoms with E-state index in [-0.39, 0.29) is 11.5 Å². The first kappa shape index (κ1) is 25.1. The normalized spacial score (nSPS) is 15.5. The molecule has 0 atom stereocenters. The van der Waals surface area contributed by atoms with Crippen LogP contribution in [0.15, 0.2) is 54.7 Å². The molecule has 3 N–H and O–H groups in total. The van der Waals surface area contributed by atoms with E-state index in [4.69, 9.17) is 9.72 Å². The molecule has 0 amide bonds. The molecule has 0 saturated carbocycles. The minimum atomic E-state index is -2.97. The van der Waals surface area contributed by atoms with Crippen molar-refractivity contribution < 1.29 is 17.7 Å². The maximum Gasteiger partial charge on any atom is 0.231 e. The number of nitrogens with zero attached hydrogens (tertiary/aromatic N) is 3. The van der Waals surface area contributed by atoms with E-state index in [2.05, 4.69) is 20.6 Å². The Hall–Kier alpha value is -3.56. The Labute approximate surface area is 215 Å². The molecule has 0 radical (unpaired) electrons. The minimum absolute atomic E-state index is 0.143. The first-order valence-electron chi connectivity index (χ1n) is 11.8. The van der Waals surface area contributed by atoms with Crippen LogP contribution in [-0.4, -0.2) is 68.4 Å². The van der Waals surface area contributed by atoms with Gasteiger partial charge in [-0.2, -0.15) is 9.97 Å². The van der Waals surface area contributed by atoms with Crippen molar-refractivity contribution in [3.05, 3.63) is 54.7 Å². The van der Waals surface area contributed by atoms with Crippen molar-refractivity contribution in [2.45, 2.75) is 0 Å². The number of benzene rings is 2. The molecule has 2 aromatic carbocycles. The number of fused-ring (bicyclic) bond motifs is 1. The number of sulfone groups is 1. The highest BCUT2D eigenvalue weighted by Crippen LogP contribution is 2.39. The first-order valence-corrected chi connectivity index (χ1v) is 16.2. The maximum absolute atomic E-state index is 12.9. The monoisotopic (exact) mass is 540 g/mol. The van der Waals surface area contributed by atoms with Crippen molar-refractivity contribution >= 4 is 62.1 Å². The van der Waals surface area contributed by atoms with Crippen LogP contribution < -0.4 is 25.6 Å². The van der Waals surface area contributed by atoms with Gasteiger partial charge in [0, 0.05) is 36.3 Å². The molecule has 1 aliphatic rings. The van der Waals surface area contributed by atoms with Gasteiger partial charge in [-0.05, 0) is 43.7 Å². The zero-order chi connectivity index (χ0) is 26.2. The van der Waals surface area contributed by atoms with E-state index in [9.17, 15) is 13.0 Å². The fraction of sp³-hybridized carbons (Fsp3) is 0.280. The first-order chi connectivity index (χ1) is 17.6. The lowest BCUT2D eigenvalue weighted by atomic mass is 10.2.